The van der Waals surface area contributed by atoms with E-state index in [-0.39, 0.29) is 18.0 Å². The summed E-state index contributed by atoms with van der Waals surface area (Å²) in [6.07, 6.45) is 0.264. The summed E-state index contributed by atoms with van der Waals surface area (Å²) in [6, 6.07) is 0. The van der Waals surface area contributed by atoms with E-state index >= 15 is 0 Å². The van der Waals surface area contributed by atoms with Crippen LogP contribution in [0.25, 0.3) is 0 Å². The SMILES string of the molecule is CC(C)C(=O)N1CNC1C(C)C. The van der Waals surface area contributed by atoms with Crippen LogP contribution in [0.2, 0.25) is 0 Å². The maximum Gasteiger partial charge on any atom is 0.227 e. The number of hydrogen-bond donors (Lipinski definition) is 1. The standard InChI is InChI=1S/C9H18N2O/c1-6(2)8-10-5-11(8)9(12)7(3)4/h6-8,10H,5H2,1-4H3. The van der Waals surface area contributed by atoms with Crippen LogP contribution in [0.3, 0.4) is 0 Å². The average Bonchev–Trinajstić information content (AvgIpc) is 1.82. The Morgan fingerprint density at radius 3 is 2.25 bits per heavy atom. The number of carbonyl (C=O) groups is 1. The Labute approximate surface area is 74.1 Å². The van der Waals surface area contributed by atoms with Crippen LogP contribution in [0, 0.1) is 11.8 Å². The lowest BCUT2D eigenvalue weighted by atomic mass is 10.1. The van der Waals surface area contributed by atoms with Gasteiger partial charge in [-0.25, -0.2) is 0 Å². The minimum Gasteiger partial charge on any atom is -0.314 e. The molecule has 12 heavy (non-hydrogen) atoms. The average molecular weight is 170 g/mol. The van der Waals surface area contributed by atoms with Gasteiger partial charge < -0.3 is 4.90 Å². The van der Waals surface area contributed by atoms with Crippen LogP contribution in [0.5, 0.6) is 0 Å². The Morgan fingerprint density at radius 2 is 2.00 bits per heavy atom. The van der Waals surface area contributed by atoms with Gasteiger partial charge in [-0.1, -0.05) is 27.7 Å². The molecule has 1 atom stereocenters. The maximum absolute atomic E-state index is 11.5. The Balaban J connectivity index is 2.49. The molecule has 1 unspecified atom stereocenters. The Kier molecular flexibility index (Phi) is 2.73. The molecule has 70 valence electrons. The smallest absolute Gasteiger partial charge is 0.227 e. The number of nitrogens with one attached hydrogen (secondary N) is 1. The summed E-state index contributed by atoms with van der Waals surface area (Å²) in [5.74, 6) is 0.877. The second-order valence-corrected chi connectivity index (χ2v) is 4.01. The number of amides is 1. The normalized spacial score (nSPS) is 23.2. The van der Waals surface area contributed by atoms with Crippen LogP contribution in [-0.4, -0.2) is 23.6 Å². The lowest BCUT2D eigenvalue weighted by Crippen LogP contribution is -2.66. The highest BCUT2D eigenvalue weighted by molar-refractivity contribution is 5.79. The van der Waals surface area contributed by atoms with Crippen molar-refractivity contribution in [3.05, 3.63) is 0 Å². The molecule has 1 N–H and O–H groups in total. The molecule has 0 aromatic carbocycles. The number of hydrogen-bond acceptors (Lipinski definition) is 2. The second-order valence-electron chi connectivity index (χ2n) is 4.01. The fourth-order valence-corrected chi connectivity index (χ4v) is 1.43. The van der Waals surface area contributed by atoms with Gasteiger partial charge in [-0.3, -0.25) is 10.1 Å². The number of nitrogens with zero attached hydrogens (tertiary/aromatic N) is 1. The van der Waals surface area contributed by atoms with Crippen LogP contribution in [0.4, 0.5) is 0 Å². The fourth-order valence-electron chi connectivity index (χ4n) is 1.43. The monoisotopic (exact) mass is 170 g/mol. The van der Waals surface area contributed by atoms with Crippen LogP contribution in [0.15, 0.2) is 0 Å². The Morgan fingerprint density at radius 1 is 1.42 bits per heavy atom. The summed E-state index contributed by atoms with van der Waals surface area (Å²) in [7, 11) is 0. The molecule has 0 aromatic heterocycles. The van der Waals surface area contributed by atoms with Crippen molar-refractivity contribution in [3.63, 3.8) is 0 Å². The van der Waals surface area contributed by atoms with Crippen molar-refractivity contribution in [3.8, 4) is 0 Å². The molecular formula is C9H18N2O. The molecule has 3 nitrogen and oxygen atoms in total. The topological polar surface area (TPSA) is 32.3 Å². The highest BCUT2D eigenvalue weighted by Crippen LogP contribution is 2.17. The summed E-state index contributed by atoms with van der Waals surface area (Å²) in [5.41, 5.74) is 0. The first kappa shape index (κ1) is 9.52. The van der Waals surface area contributed by atoms with Crippen LogP contribution >= 0.6 is 0 Å². The molecule has 0 saturated carbocycles. The van der Waals surface area contributed by atoms with E-state index in [9.17, 15) is 4.79 Å². The van der Waals surface area contributed by atoms with Gasteiger partial charge >= 0.3 is 0 Å². The number of rotatable bonds is 2. The van der Waals surface area contributed by atoms with Gasteiger partial charge in [-0.15, -0.1) is 0 Å². The first-order valence-corrected chi connectivity index (χ1v) is 4.58. The minimum absolute atomic E-state index is 0.119. The van der Waals surface area contributed by atoms with Gasteiger partial charge in [-0.05, 0) is 5.92 Å². The van der Waals surface area contributed by atoms with E-state index in [0.29, 0.717) is 5.92 Å². The van der Waals surface area contributed by atoms with Gasteiger partial charge in [0.25, 0.3) is 0 Å². The number of carbonyl (C=O) groups excluding carboxylic acids is 1. The third-order valence-electron chi connectivity index (χ3n) is 2.22. The zero-order valence-electron chi connectivity index (χ0n) is 8.29. The van der Waals surface area contributed by atoms with Gasteiger partial charge in [0.05, 0.1) is 12.8 Å². The summed E-state index contributed by atoms with van der Waals surface area (Å²) >= 11 is 0. The summed E-state index contributed by atoms with van der Waals surface area (Å²) in [6.45, 7) is 8.85. The van der Waals surface area contributed by atoms with Crippen LogP contribution in [-0.2, 0) is 4.79 Å². The molecular weight excluding hydrogens is 152 g/mol. The second kappa shape index (κ2) is 3.44. The summed E-state index contributed by atoms with van der Waals surface area (Å²) in [5, 5.41) is 3.24. The van der Waals surface area contributed by atoms with E-state index in [0.717, 1.165) is 6.67 Å². The predicted molar refractivity (Wildman–Crippen MR) is 48.3 cm³/mol. The van der Waals surface area contributed by atoms with Crippen molar-refractivity contribution >= 4 is 5.91 Å². The van der Waals surface area contributed by atoms with Crippen molar-refractivity contribution in [2.75, 3.05) is 6.67 Å². The largest absolute Gasteiger partial charge is 0.314 e. The highest BCUT2D eigenvalue weighted by Gasteiger charge is 2.34. The fraction of sp³-hybridized carbons (Fsp3) is 0.889. The zero-order valence-corrected chi connectivity index (χ0v) is 8.29. The van der Waals surface area contributed by atoms with Gasteiger partial charge in [0.2, 0.25) is 5.91 Å². The first-order chi connectivity index (χ1) is 5.54. The van der Waals surface area contributed by atoms with Crippen molar-refractivity contribution in [1.82, 2.24) is 10.2 Å². The van der Waals surface area contributed by atoms with Crippen molar-refractivity contribution < 1.29 is 4.79 Å². The molecule has 1 aliphatic heterocycles. The molecule has 1 heterocycles. The van der Waals surface area contributed by atoms with E-state index in [1.807, 2.05) is 18.7 Å². The molecule has 1 saturated heterocycles. The van der Waals surface area contributed by atoms with E-state index in [1.54, 1.807) is 0 Å². The molecule has 1 fully saturated rings. The quantitative estimate of drug-likeness (QED) is 0.671. The van der Waals surface area contributed by atoms with E-state index in [1.165, 1.54) is 0 Å². The molecule has 0 aliphatic carbocycles. The van der Waals surface area contributed by atoms with Crippen molar-refractivity contribution in [2.24, 2.45) is 11.8 Å². The Hall–Kier alpha value is -0.570. The third-order valence-corrected chi connectivity index (χ3v) is 2.22. The Bertz CT molecular complexity index is 177. The molecule has 0 radical (unpaired) electrons. The lowest BCUT2D eigenvalue weighted by Gasteiger charge is -2.45. The van der Waals surface area contributed by atoms with Gasteiger partial charge in [0.1, 0.15) is 0 Å². The van der Waals surface area contributed by atoms with Gasteiger partial charge in [0.15, 0.2) is 0 Å². The van der Waals surface area contributed by atoms with Crippen molar-refractivity contribution in [2.45, 2.75) is 33.9 Å². The van der Waals surface area contributed by atoms with E-state index < -0.39 is 0 Å². The molecule has 1 amide bonds. The van der Waals surface area contributed by atoms with Crippen LogP contribution < -0.4 is 5.32 Å². The summed E-state index contributed by atoms with van der Waals surface area (Å²) in [4.78, 5) is 13.4. The third kappa shape index (κ3) is 1.61. The maximum atomic E-state index is 11.5. The molecule has 0 aromatic rings. The summed E-state index contributed by atoms with van der Waals surface area (Å²) < 4.78 is 0. The minimum atomic E-state index is 0.119. The van der Waals surface area contributed by atoms with E-state index in [4.69, 9.17) is 0 Å². The predicted octanol–water partition coefficient (Wildman–Crippen LogP) is 1.01. The van der Waals surface area contributed by atoms with Gasteiger partial charge in [0, 0.05) is 5.92 Å². The zero-order chi connectivity index (χ0) is 9.30. The van der Waals surface area contributed by atoms with Crippen molar-refractivity contribution in [1.29, 1.82) is 0 Å². The van der Waals surface area contributed by atoms with E-state index in [2.05, 4.69) is 19.2 Å². The van der Waals surface area contributed by atoms with Gasteiger partial charge in [-0.2, -0.15) is 0 Å². The lowest BCUT2D eigenvalue weighted by molar-refractivity contribution is -0.147. The molecule has 0 spiro atoms. The molecule has 0 bridgehead atoms. The molecule has 3 heteroatoms. The first-order valence-electron chi connectivity index (χ1n) is 4.58. The molecule has 1 aliphatic rings. The molecule has 1 rings (SSSR count). The van der Waals surface area contributed by atoms with Crippen LogP contribution in [0.1, 0.15) is 27.7 Å². The highest BCUT2D eigenvalue weighted by atomic mass is 16.2.